The summed E-state index contributed by atoms with van der Waals surface area (Å²) in [5, 5.41) is 16.5. The molecule has 3 aromatic rings. The van der Waals surface area contributed by atoms with Crippen LogP contribution in [-0.2, 0) is 0 Å². The number of halogens is 1. The number of non-ortho nitro benzene ring substituents is 1. The van der Waals surface area contributed by atoms with E-state index in [4.69, 9.17) is 0 Å². The first-order valence-electron chi connectivity index (χ1n) is 6.40. The van der Waals surface area contributed by atoms with Crippen LogP contribution in [0.25, 0.3) is 10.2 Å². The molecule has 23 heavy (non-hydrogen) atoms. The molecule has 1 heterocycles. The summed E-state index contributed by atoms with van der Waals surface area (Å²) in [4.78, 5) is 26.5. The second-order valence-electron chi connectivity index (χ2n) is 4.49. The fraction of sp³-hybridized carbons (Fsp3) is 0. The first-order chi connectivity index (χ1) is 11.0. The molecule has 9 heteroatoms. The van der Waals surface area contributed by atoms with E-state index in [9.17, 15) is 14.9 Å². The molecule has 116 valence electrons. The molecule has 0 saturated carbocycles. The van der Waals surface area contributed by atoms with Gasteiger partial charge in [0.1, 0.15) is 0 Å². The third kappa shape index (κ3) is 3.46. The van der Waals surface area contributed by atoms with Crippen LogP contribution in [-0.4, -0.2) is 15.9 Å². The van der Waals surface area contributed by atoms with Crippen molar-refractivity contribution in [2.24, 2.45) is 0 Å². The normalized spacial score (nSPS) is 10.5. The molecule has 0 unspecified atom stereocenters. The van der Waals surface area contributed by atoms with Crippen LogP contribution in [0.5, 0.6) is 0 Å². The summed E-state index contributed by atoms with van der Waals surface area (Å²) in [6.07, 6.45) is 0. The zero-order valence-corrected chi connectivity index (χ0v) is 13.8. The third-order valence-electron chi connectivity index (χ3n) is 2.93. The highest BCUT2D eigenvalue weighted by molar-refractivity contribution is 9.10. The monoisotopic (exact) mass is 392 g/mol. The van der Waals surface area contributed by atoms with E-state index in [1.165, 1.54) is 23.5 Å². The van der Waals surface area contributed by atoms with E-state index >= 15 is 0 Å². The minimum absolute atomic E-state index is 0.00892. The van der Waals surface area contributed by atoms with Crippen molar-refractivity contribution in [3.05, 3.63) is 57.1 Å². The van der Waals surface area contributed by atoms with Crippen LogP contribution in [0, 0.1) is 10.1 Å². The molecule has 0 spiro atoms. The van der Waals surface area contributed by atoms with Crippen molar-refractivity contribution in [3.8, 4) is 0 Å². The van der Waals surface area contributed by atoms with Gasteiger partial charge in [0.05, 0.1) is 20.8 Å². The predicted octanol–water partition coefficient (Wildman–Crippen LogP) is 4.61. The van der Waals surface area contributed by atoms with Crippen LogP contribution in [0.4, 0.5) is 21.3 Å². The topological polar surface area (TPSA) is 97.2 Å². The summed E-state index contributed by atoms with van der Waals surface area (Å²) < 4.78 is 1.39. The molecule has 3 rings (SSSR count). The van der Waals surface area contributed by atoms with Gasteiger partial charge in [-0.3, -0.25) is 15.4 Å². The SMILES string of the molecule is O=C(Nc1nc2ccc([N+](=O)[O-])cc2s1)Nc1ccccc1Br. The fourth-order valence-corrected chi connectivity index (χ4v) is 3.17. The highest BCUT2D eigenvalue weighted by Crippen LogP contribution is 2.29. The number of nitro groups is 1. The van der Waals surface area contributed by atoms with E-state index in [0.717, 1.165) is 4.47 Å². The molecule has 0 atom stereocenters. The Hall–Kier alpha value is -2.52. The number of rotatable bonds is 3. The molecule has 2 aromatic carbocycles. The van der Waals surface area contributed by atoms with Gasteiger partial charge < -0.3 is 5.32 Å². The number of thiazole rings is 1. The van der Waals surface area contributed by atoms with Crippen LogP contribution in [0.3, 0.4) is 0 Å². The average Bonchev–Trinajstić information content (AvgIpc) is 2.90. The highest BCUT2D eigenvalue weighted by atomic mass is 79.9. The Kier molecular flexibility index (Phi) is 4.22. The Bertz CT molecular complexity index is 912. The van der Waals surface area contributed by atoms with Gasteiger partial charge in [-0.1, -0.05) is 23.5 Å². The Morgan fingerprint density at radius 3 is 2.74 bits per heavy atom. The number of nitro benzene ring substituents is 1. The number of nitrogens with zero attached hydrogens (tertiary/aromatic N) is 2. The second-order valence-corrected chi connectivity index (χ2v) is 6.37. The first kappa shape index (κ1) is 15.4. The standard InChI is InChI=1S/C14H9BrN4O3S/c15-9-3-1-2-4-10(9)16-13(20)18-14-17-11-6-5-8(19(21)22)7-12(11)23-14/h1-7H,(H2,16,17,18,20). The second kappa shape index (κ2) is 6.31. The lowest BCUT2D eigenvalue weighted by Crippen LogP contribution is -2.19. The van der Waals surface area contributed by atoms with Crippen molar-refractivity contribution in [1.29, 1.82) is 0 Å². The number of para-hydroxylation sites is 1. The van der Waals surface area contributed by atoms with E-state index in [-0.39, 0.29) is 5.69 Å². The Labute approximate surface area is 142 Å². The van der Waals surface area contributed by atoms with Gasteiger partial charge in [0, 0.05) is 16.6 Å². The smallest absolute Gasteiger partial charge is 0.307 e. The molecule has 2 N–H and O–H groups in total. The molecule has 0 aliphatic carbocycles. The number of benzene rings is 2. The minimum Gasteiger partial charge on any atom is -0.307 e. The molecule has 7 nitrogen and oxygen atoms in total. The lowest BCUT2D eigenvalue weighted by Gasteiger charge is -2.06. The number of aromatic nitrogens is 1. The van der Waals surface area contributed by atoms with E-state index in [2.05, 4.69) is 31.5 Å². The predicted molar refractivity (Wildman–Crippen MR) is 93.1 cm³/mol. The number of hydrogen-bond acceptors (Lipinski definition) is 5. The van der Waals surface area contributed by atoms with E-state index in [1.54, 1.807) is 18.2 Å². The maximum absolute atomic E-state index is 12.0. The third-order valence-corrected chi connectivity index (χ3v) is 4.55. The lowest BCUT2D eigenvalue weighted by molar-refractivity contribution is -0.384. The van der Waals surface area contributed by atoms with Gasteiger partial charge in [-0.2, -0.15) is 0 Å². The number of nitrogens with one attached hydrogen (secondary N) is 2. The van der Waals surface area contributed by atoms with Crippen LogP contribution >= 0.6 is 27.3 Å². The average molecular weight is 393 g/mol. The van der Waals surface area contributed by atoms with Crippen LogP contribution in [0.2, 0.25) is 0 Å². The number of carbonyl (C=O) groups excluding carboxylic acids is 1. The Morgan fingerprint density at radius 1 is 1.22 bits per heavy atom. The van der Waals surface area contributed by atoms with E-state index < -0.39 is 11.0 Å². The largest absolute Gasteiger partial charge is 0.325 e. The maximum atomic E-state index is 12.0. The fourth-order valence-electron chi connectivity index (χ4n) is 1.89. The molecular formula is C14H9BrN4O3S. The van der Waals surface area contributed by atoms with Crippen molar-refractivity contribution < 1.29 is 9.72 Å². The summed E-state index contributed by atoms with van der Waals surface area (Å²) in [7, 11) is 0. The molecule has 0 saturated heterocycles. The number of urea groups is 1. The van der Waals surface area contributed by atoms with Crippen molar-refractivity contribution in [1.82, 2.24) is 4.98 Å². The minimum atomic E-state index is -0.466. The van der Waals surface area contributed by atoms with Gasteiger partial charge in [-0.05, 0) is 34.1 Å². The molecule has 0 aliphatic heterocycles. The number of anilines is 2. The van der Waals surface area contributed by atoms with Crippen molar-refractivity contribution >= 4 is 60.0 Å². The summed E-state index contributed by atoms with van der Waals surface area (Å²) in [5.41, 5.74) is 1.21. The molecule has 0 bridgehead atoms. The first-order valence-corrected chi connectivity index (χ1v) is 8.01. The Balaban J connectivity index is 1.77. The van der Waals surface area contributed by atoms with Crippen LogP contribution < -0.4 is 10.6 Å². The van der Waals surface area contributed by atoms with E-state index in [0.29, 0.717) is 21.0 Å². The van der Waals surface area contributed by atoms with E-state index in [1.807, 2.05) is 12.1 Å². The van der Waals surface area contributed by atoms with Gasteiger partial charge in [0.15, 0.2) is 5.13 Å². The zero-order chi connectivity index (χ0) is 16.4. The molecule has 0 fully saturated rings. The highest BCUT2D eigenvalue weighted by Gasteiger charge is 2.12. The van der Waals surface area contributed by atoms with Crippen molar-refractivity contribution in [3.63, 3.8) is 0 Å². The number of hydrogen-bond donors (Lipinski definition) is 2. The van der Waals surface area contributed by atoms with Gasteiger partial charge in [-0.25, -0.2) is 9.78 Å². The van der Waals surface area contributed by atoms with Gasteiger partial charge in [0.25, 0.3) is 5.69 Å². The number of amides is 2. The molecule has 0 aliphatic rings. The molecular weight excluding hydrogens is 384 g/mol. The van der Waals surface area contributed by atoms with Crippen molar-refractivity contribution in [2.45, 2.75) is 0 Å². The molecule has 0 radical (unpaired) electrons. The van der Waals surface area contributed by atoms with Crippen LogP contribution in [0.1, 0.15) is 0 Å². The van der Waals surface area contributed by atoms with Crippen LogP contribution in [0.15, 0.2) is 46.9 Å². The van der Waals surface area contributed by atoms with Gasteiger partial charge >= 0.3 is 6.03 Å². The maximum Gasteiger partial charge on any atom is 0.325 e. The molecule has 1 aromatic heterocycles. The van der Waals surface area contributed by atoms with Gasteiger partial charge in [-0.15, -0.1) is 0 Å². The summed E-state index contributed by atoms with van der Waals surface area (Å²) >= 11 is 4.51. The summed E-state index contributed by atoms with van der Waals surface area (Å²) in [5.74, 6) is 0. The Morgan fingerprint density at radius 2 is 2.00 bits per heavy atom. The lowest BCUT2D eigenvalue weighted by atomic mass is 10.3. The zero-order valence-electron chi connectivity index (χ0n) is 11.4. The summed E-state index contributed by atoms with van der Waals surface area (Å²) in [6.45, 7) is 0. The molecule has 2 amide bonds. The number of carbonyl (C=O) groups is 1. The summed E-state index contributed by atoms with van der Waals surface area (Å²) in [6, 6.07) is 11.1. The number of fused-ring (bicyclic) bond motifs is 1. The quantitative estimate of drug-likeness (QED) is 0.502. The van der Waals surface area contributed by atoms with Crippen molar-refractivity contribution in [2.75, 3.05) is 10.6 Å². The van der Waals surface area contributed by atoms with Gasteiger partial charge in [0.2, 0.25) is 0 Å².